The van der Waals surface area contributed by atoms with Gasteiger partial charge < -0.3 is 10.1 Å². The molecule has 110 valence electrons. The van der Waals surface area contributed by atoms with Crippen LogP contribution in [0.2, 0.25) is 0 Å². The molecule has 0 atom stereocenters. The Morgan fingerprint density at radius 1 is 1.48 bits per heavy atom. The van der Waals surface area contributed by atoms with Crippen molar-refractivity contribution < 1.29 is 9.66 Å². The molecule has 8 heteroatoms. The number of nitrogens with one attached hydrogen (secondary N) is 1. The fourth-order valence-electron chi connectivity index (χ4n) is 1.63. The highest BCUT2D eigenvalue weighted by atomic mass is 79.9. The third kappa shape index (κ3) is 3.66. The molecule has 0 amide bonds. The number of ether oxygens (including phenoxy) is 1. The van der Waals surface area contributed by atoms with Crippen LogP contribution in [0.1, 0.15) is 12.5 Å². The summed E-state index contributed by atoms with van der Waals surface area (Å²) in [5.41, 5.74) is 0.676. The van der Waals surface area contributed by atoms with E-state index in [1.165, 1.54) is 12.3 Å². The van der Waals surface area contributed by atoms with Gasteiger partial charge in [-0.25, -0.2) is 4.98 Å². The van der Waals surface area contributed by atoms with Gasteiger partial charge in [-0.1, -0.05) is 6.07 Å². The largest absolute Gasteiger partial charge is 0.430 e. The number of anilines is 1. The van der Waals surface area contributed by atoms with E-state index in [1.807, 2.05) is 6.92 Å². The first-order chi connectivity index (χ1) is 10.0. The quantitative estimate of drug-likeness (QED) is 0.651. The predicted octanol–water partition coefficient (Wildman–Crippen LogP) is 3.68. The summed E-state index contributed by atoms with van der Waals surface area (Å²) >= 11 is 3.27. The van der Waals surface area contributed by atoms with Gasteiger partial charge in [0.2, 0.25) is 17.6 Å². The van der Waals surface area contributed by atoms with Gasteiger partial charge in [0.05, 0.1) is 15.6 Å². The number of rotatable bonds is 5. The second-order valence-corrected chi connectivity index (χ2v) is 5.06. The van der Waals surface area contributed by atoms with Crippen LogP contribution in [-0.4, -0.2) is 21.4 Å². The van der Waals surface area contributed by atoms with Gasteiger partial charge in [-0.05, 0) is 41.4 Å². The van der Waals surface area contributed by atoms with Crippen LogP contribution < -0.4 is 10.1 Å². The smallest absolute Gasteiger partial charge is 0.311 e. The maximum absolute atomic E-state index is 11.1. The summed E-state index contributed by atoms with van der Waals surface area (Å²) < 4.78 is 6.08. The molecule has 21 heavy (non-hydrogen) atoms. The van der Waals surface area contributed by atoms with Crippen molar-refractivity contribution in [2.75, 3.05) is 11.9 Å². The summed E-state index contributed by atoms with van der Waals surface area (Å²) in [6, 6.07) is 4.74. The number of halogens is 1. The van der Waals surface area contributed by atoms with Gasteiger partial charge in [-0.2, -0.15) is 4.98 Å². The molecule has 1 heterocycles. The molecule has 2 aromatic rings. The molecule has 0 bridgehead atoms. The molecule has 2 rings (SSSR count). The fraction of sp³-hybridized carbons (Fsp3) is 0.231. The number of hydrogen-bond donors (Lipinski definition) is 1. The minimum Gasteiger partial charge on any atom is -0.430 e. The first-order valence-electron chi connectivity index (χ1n) is 6.20. The van der Waals surface area contributed by atoms with Crippen molar-refractivity contribution in [3.8, 4) is 11.6 Å². The van der Waals surface area contributed by atoms with Gasteiger partial charge in [-0.3, -0.25) is 10.1 Å². The third-order valence-corrected chi connectivity index (χ3v) is 3.11. The van der Waals surface area contributed by atoms with Crippen molar-refractivity contribution in [3.05, 3.63) is 44.5 Å². The van der Waals surface area contributed by atoms with Crippen LogP contribution in [0.3, 0.4) is 0 Å². The number of benzene rings is 1. The van der Waals surface area contributed by atoms with Crippen molar-refractivity contribution in [2.45, 2.75) is 13.8 Å². The molecule has 0 saturated carbocycles. The zero-order chi connectivity index (χ0) is 15.4. The zero-order valence-electron chi connectivity index (χ0n) is 11.5. The van der Waals surface area contributed by atoms with Crippen molar-refractivity contribution in [1.82, 2.24) is 9.97 Å². The van der Waals surface area contributed by atoms with E-state index in [2.05, 4.69) is 31.2 Å². The highest BCUT2D eigenvalue weighted by Gasteiger charge is 2.18. The van der Waals surface area contributed by atoms with E-state index < -0.39 is 4.92 Å². The molecule has 0 saturated heterocycles. The molecule has 0 spiro atoms. The molecule has 0 radical (unpaired) electrons. The highest BCUT2D eigenvalue weighted by Crippen LogP contribution is 2.34. The van der Waals surface area contributed by atoms with Gasteiger partial charge in [0.1, 0.15) is 0 Å². The number of nitro benzene ring substituents is 1. The summed E-state index contributed by atoms with van der Waals surface area (Å²) in [4.78, 5) is 18.8. The molecule has 7 nitrogen and oxygen atoms in total. The third-order valence-electron chi connectivity index (χ3n) is 2.56. The summed E-state index contributed by atoms with van der Waals surface area (Å²) in [5, 5.41) is 14.0. The zero-order valence-corrected chi connectivity index (χ0v) is 13.0. The van der Waals surface area contributed by atoms with E-state index in [4.69, 9.17) is 4.74 Å². The number of aromatic nitrogens is 2. The van der Waals surface area contributed by atoms with Crippen LogP contribution >= 0.6 is 15.9 Å². The lowest BCUT2D eigenvalue weighted by molar-refractivity contribution is -0.385. The Kier molecular flexibility index (Phi) is 4.69. The Labute approximate surface area is 129 Å². The van der Waals surface area contributed by atoms with Crippen LogP contribution in [0, 0.1) is 17.0 Å². The number of nitrogens with zero attached hydrogens (tertiary/aromatic N) is 3. The average Bonchev–Trinajstić information content (AvgIpc) is 2.44. The SMILES string of the molecule is CCNc1ncc(Br)c(Oc2ccc(C)cc2[N+](=O)[O-])n1. The van der Waals surface area contributed by atoms with E-state index in [9.17, 15) is 10.1 Å². The molecule has 1 N–H and O–H groups in total. The average molecular weight is 353 g/mol. The molecule has 0 fully saturated rings. The Morgan fingerprint density at radius 2 is 2.24 bits per heavy atom. The molecule has 0 aliphatic rings. The number of nitro groups is 1. The Hall–Kier alpha value is -2.22. The number of aryl methyl sites for hydroxylation is 1. The van der Waals surface area contributed by atoms with Crippen molar-refractivity contribution >= 4 is 27.6 Å². The van der Waals surface area contributed by atoms with Gasteiger partial charge in [0.25, 0.3) is 0 Å². The van der Waals surface area contributed by atoms with Crippen LogP contribution in [0.25, 0.3) is 0 Å². The molecular weight excluding hydrogens is 340 g/mol. The summed E-state index contributed by atoms with van der Waals surface area (Å²) in [5.74, 6) is 0.741. The second kappa shape index (κ2) is 6.49. The predicted molar refractivity (Wildman–Crippen MR) is 81.8 cm³/mol. The van der Waals surface area contributed by atoms with Gasteiger partial charge in [0, 0.05) is 12.6 Å². The van der Waals surface area contributed by atoms with Gasteiger partial charge >= 0.3 is 5.69 Å². The van der Waals surface area contributed by atoms with Crippen molar-refractivity contribution in [1.29, 1.82) is 0 Å². The first kappa shape index (κ1) is 15.2. The monoisotopic (exact) mass is 352 g/mol. The lowest BCUT2D eigenvalue weighted by Gasteiger charge is -2.09. The normalized spacial score (nSPS) is 10.2. The van der Waals surface area contributed by atoms with Crippen molar-refractivity contribution in [2.24, 2.45) is 0 Å². The van der Waals surface area contributed by atoms with Crippen LogP contribution in [0.15, 0.2) is 28.9 Å². The second-order valence-electron chi connectivity index (χ2n) is 4.21. The maximum Gasteiger partial charge on any atom is 0.311 e. The van der Waals surface area contributed by atoms with E-state index in [-0.39, 0.29) is 17.3 Å². The van der Waals surface area contributed by atoms with E-state index in [1.54, 1.807) is 19.1 Å². The summed E-state index contributed by atoms with van der Waals surface area (Å²) in [6.45, 7) is 4.35. The van der Waals surface area contributed by atoms with Gasteiger partial charge in [0.15, 0.2) is 0 Å². The maximum atomic E-state index is 11.1. The molecule has 1 aromatic heterocycles. The molecule has 0 unspecified atom stereocenters. The van der Waals surface area contributed by atoms with E-state index >= 15 is 0 Å². The molecule has 1 aromatic carbocycles. The van der Waals surface area contributed by atoms with E-state index in [0.29, 0.717) is 17.0 Å². The van der Waals surface area contributed by atoms with E-state index in [0.717, 1.165) is 5.56 Å². The van der Waals surface area contributed by atoms with Crippen LogP contribution in [-0.2, 0) is 0 Å². The van der Waals surface area contributed by atoms with Crippen molar-refractivity contribution in [3.63, 3.8) is 0 Å². The van der Waals surface area contributed by atoms with Crippen LogP contribution in [0.5, 0.6) is 11.6 Å². The Morgan fingerprint density at radius 3 is 2.90 bits per heavy atom. The minimum absolute atomic E-state index is 0.106. The summed E-state index contributed by atoms with van der Waals surface area (Å²) in [7, 11) is 0. The standard InChI is InChI=1S/C13H13BrN4O3/c1-3-15-13-16-7-9(14)12(17-13)21-11-5-4-8(2)6-10(11)18(19)20/h4-7H,3H2,1-2H3,(H,15,16,17). The van der Waals surface area contributed by atoms with Crippen LogP contribution in [0.4, 0.5) is 11.6 Å². The summed E-state index contributed by atoms with van der Waals surface area (Å²) in [6.07, 6.45) is 1.53. The molecule has 0 aliphatic heterocycles. The number of hydrogen-bond acceptors (Lipinski definition) is 6. The molecule has 0 aliphatic carbocycles. The van der Waals surface area contributed by atoms with Gasteiger partial charge in [-0.15, -0.1) is 0 Å². The molecular formula is C13H13BrN4O3. The highest BCUT2D eigenvalue weighted by molar-refractivity contribution is 9.10. The Balaban J connectivity index is 2.38. The lowest BCUT2D eigenvalue weighted by Crippen LogP contribution is -2.03. The topological polar surface area (TPSA) is 90.2 Å². The Bertz CT molecular complexity index is 678. The minimum atomic E-state index is -0.483. The first-order valence-corrected chi connectivity index (χ1v) is 7.00. The lowest BCUT2D eigenvalue weighted by atomic mass is 10.2. The fourth-order valence-corrected chi connectivity index (χ4v) is 1.90.